The van der Waals surface area contributed by atoms with Gasteiger partial charge in [-0.05, 0) is 36.6 Å². The van der Waals surface area contributed by atoms with Gasteiger partial charge in [-0.1, -0.05) is 12.1 Å². The van der Waals surface area contributed by atoms with Gasteiger partial charge in [-0.3, -0.25) is 9.00 Å². The lowest BCUT2D eigenvalue weighted by Crippen LogP contribution is -2.26. The van der Waals surface area contributed by atoms with Crippen molar-refractivity contribution in [2.24, 2.45) is 0 Å². The second-order valence-electron chi connectivity index (χ2n) is 3.54. The molecule has 1 amide bonds. The molecule has 100 valence electrons. The average Bonchev–Trinajstić information content (AvgIpc) is 2.38. The van der Waals surface area contributed by atoms with Crippen molar-refractivity contribution in [2.75, 3.05) is 19.8 Å². The zero-order chi connectivity index (χ0) is 13.4. The van der Waals surface area contributed by atoms with Gasteiger partial charge in [-0.15, -0.1) is 0 Å². The zero-order valence-corrected chi connectivity index (χ0v) is 11.0. The van der Waals surface area contributed by atoms with Crippen LogP contribution in [0.3, 0.4) is 0 Å². The molecule has 18 heavy (non-hydrogen) atoms. The molecule has 1 aromatic carbocycles. The van der Waals surface area contributed by atoms with E-state index in [9.17, 15) is 13.6 Å². The average molecular weight is 270 g/mol. The van der Waals surface area contributed by atoms with Crippen molar-refractivity contribution in [3.05, 3.63) is 29.8 Å². The quantitative estimate of drug-likeness (QED) is 0.594. The van der Waals surface area contributed by atoms with Crippen LogP contribution in [0.4, 0.5) is 0 Å². The molecule has 6 heteroatoms. The van der Waals surface area contributed by atoms with Crippen LogP contribution in [0.5, 0.6) is 0 Å². The Morgan fingerprint density at radius 1 is 1.44 bits per heavy atom. The number of rotatable bonds is 7. The topological polar surface area (TPSA) is 78.5 Å². The second-order valence-corrected chi connectivity index (χ2v) is 4.45. The highest BCUT2D eigenvalue weighted by Crippen LogP contribution is 2.11. The second kappa shape index (κ2) is 7.97. The minimum Gasteiger partial charge on any atom is -0.768 e. The summed E-state index contributed by atoms with van der Waals surface area (Å²) < 4.78 is 27.0. The van der Waals surface area contributed by atoms with Crippen LogP contribution in [0.25, 0.3) is 0 Å². The van der Waals surface area contributed by atoms with E-state index in [1.165, 1.54) is 12.1 Å². The summed E-state index contributed by atoms with van der Waals surface area (Å²) in [6.45, 7) is 3.58. The van der Waals surface area contributed by atoms with E-state index < -0.39 is 11.1 Å². The van der Waals surface area contributed by atoms with Crippen LogP contribution in [-0.2, 0) is 15.8 Å². The Morgan fingerprint density at radius 3 is 2.83 bits per heavy atom. The molecule has 1 aromatic rings. The van der Waals surface area contributed by atoms with Gasteiger partial charge in [0.15, 0.2) is 0 Å². The van der Waals surface area contributed by atoms with Crippen LogP contribution >= 0.6 is 0 Å². The summed E-state index contributed by atoms with van der Waals surface area (Å²) >= 11 is -2.41. The Kier molecular flexibility index (Phi) is 6.56. The number of ether oxygens (including phenoxy) is 1. The van der Waals surface area contributed by atoms with E-state index in [0.717, 1.165) is 0 Å². The Morgan fingerprint density at radius 2 is 2.17 bits per heavy atom. The predicted molar refractivity (Wildman–Crippen MR) is 67.1 cm³/mol. The summed E-state index contributed by atoms with van der Waals surface area (Å²) in [4.78, 5) is 11.8. The van der Waals surface area contributed by atoms with Crippen molar-refractivity contribution in [2.45, 2.75) is 18.2 Å². The molecule has 5 nitrogen and oxygen atoms in total. The van der Waals surface area contributed by atoms with E-state index in [1.807, 2.05) is 6.92 Å². The van der Waals surface area contributed by atoms with Crippen molar-refractivity contribution < 1.29 is 18.3 Å². The number of carbonyl (C=O) groups excluding carboxylic acids is 1. The van der Waals surface area contributed by atoms with Crippen LogP contribution < -0.4 is 5.32 Å². The van der Waals surface area contributed by atoms with Gasteiger partial charge in [-0.2, -0.15) is 0 Å². The Bertz CT molecular complexity index is 422. The summed E-state index contributed by atoms with van der Waals surface area (Å²) in [5.74, 6) is -0.383. The first-order chi connectivity index (χ1) is 8.66. The maximum absolute atomic E-state index is 11.8. The standard InChI is InChI=1S/C12H17NO4S/c1-2-17-9-5-8-13-12(14)10-6-3-4-7-11(10)18(15)16/h3-4,6-7H,2,5,8-9H2,1H3,(H,13,14)(H,15,16)/p-1. The molecule has 0 aromatic heterocycles. The summed E-state index contributed by atoms with van der Waals surface area (Å²) in [5.41, 5.74) is 0.169. The van der Waals surface area contributed by atoms with Crippen LogP contribution in [-0.4, -0.2) is 34.4 Å². The lowest BCUT2D eigenvalue weighted by molar-refractivity contribution is 0.0941. The van der Waals surface area contributed by atoms with E-state index >= 15 is 0 Å². The lowest BCUT2D eigenvalue weighted by atomic mass is 10.2. The van der Waals surface area contributed by atoms with Crippen LogP contribution in [0.15, 0.2) is 29.2 Å². The monoisotopic (exact) mass is 270 g/mol. The van der Waals surface area contributed by atoms with E-state index in [2.05, 4.69) is 5.32 Å². The third kappa shape index (κ3) is 4.56. The molecule has 0 spiro atoms. The molecular weight excluding hydrogens is 254 g/mol. The predicted octanol–water partition coefficient (Wildman–Crippen LogP) is 1.08. The molecule has 1 unspecified atom stereocenters. The molecule has 0 heterocycles. The third-order valence-corrected chi connectivity index (χ3v) is 2.98. The molecule has 0 fully saturated rings. The summed E-state index contributed by atoms with van der Waals surface area (Å²) in [6.07, 6.45) is 0.697. The van der Waals surface area contributed by atoms with Gasteiger partial charge in [0.05, 0.1) is 5.56 Å². The lowest BCUT2D eigenvalue weighted by Gasteiger charge is -2.11. The summed E-state index contributed by atoms with van der Waals surface area (Å²) in [5, 5.41) is 2.66. The van der Waals surface area contributed by atoms with E-state index in [-0.39, 0.29) is 16.4 Å². The van der Waals surface area contributed by atoms with Gasteiger partial charge >= 0.3 is 0 Å². The minimum atomic E-state index is -2.41. The van der Waals surface area contributed by atoms with Gasteiger partial charge in [0.25, 0.3) is 5.91 Å². The third-order valence-electron chi connectivity index (χ3n) is 2.27. The van der Waals surface area contributed by atoms with Gasteiger partial charge in [0.1, 0.15) is 0 Å². The number of nitrogens with one attached hydrogen (secondary N) is 1. The van der Waals surface area contributed by atoms with Gasteiger partial charge in [0.2, 0.25) is 0 Å². The fourth-order valence-corrected chi connectivity index (χ4v) is 1.95. The zero-order valence-electron chi connectivity index (χ0n) is 10.2. The molecule has 1 rings (SSSR count). The molecule has 0 aliphatic rings. The highest BCUT2D eigenvalue weighted by molar-refractivity contribution is 7.79. The molecule has 0 aliphatic carbocycles. The van der Waals surface area contributed by atoms with E-state index in [1.54, 1.807) is 12.1 Å². The van der Waals surface area contributed by atoms with Crippen LogP contribution in [0.2, 0.25) is 0 Å². The molecule has 0 saturated heterocycles. The van der Waals surface area contributed by atoms with Crippen LogP contribution in [0, 0.1) is 0 Å². The first-order valence-corrected chi connectivity index (χ1v) is 6.78. The fourth-order valence-electron chi connectivity index (χ4n) is 1.42. The first-order valence-electron chi connectivity index (χ1n) is 5.71. The van der Waals surface area contributed by atoms with Crippen molar-refractivity contribution in [3.8, 4) is 0 Å². The molecule has 1 atom stereocenters. The Balaban J connectivity index is 2.54. The Labute approximate surface area is 109 Å². The molecule has 1 N–H and O–H groups in total. The van der Waals surface area contributed by atoms with E-state index in [4.69, 9.17) is 4.74 Å². The molecular formula is C12H16NO4S-. The minimum absolute atomic E-state index is 0.0137. The normalized spacial score (nSPS) is 12.1. The van der Waals surface area contributed by atoms with Crippen LogP contribution in [0.1, 0.15) is 23.7 Å². The van der Waals surface area contributed by atoms with Crippen molar-refractivity contribution in [3.63, 3.8) is 0 Å². The largest absolute Gasteiger partial charge is 0.768 e. The highest BCUT2D eigenvalue weighted by atomic mass is 32.2. The number of hydrogen-bond acceptors (Lipinski definition) is 4. The number of amides is 1. The molecule has 0 saturated carbocycles. The number of benzene rings is 1. The Hall–Kier alpha value is -1.24. The fraction of sp³-hybridized carbons (Fsp3) is 0.417. The molecule has 0 aliphatic heterocycles. The van der Waals surface area contributed by atoms with Crippen molar-refractivity contribution >= 4 is 17.0 Å². The molecule has 0 radical (unpaired) electrons. The van der Waals surface area contributed by atoms with Crippen molar-refractivity contribution in [1.82, 2.24) is 5.32 Å². The summed E-state index contributed by atoms with van der Waals surface area (Å²) in [6, 6.07) is 6.10. The maximum Gasteiger partial charge on any atom is 0.252 e. The van der Waals surface area contributed by atoms with Crippen molar-refractivity contribution in [1.29, 1.82) is 0 Å². The molecule has 0 bridgehead atoms. The number of carbonyl (C=O) groups is 1. The van der Waals surface area contributed by atoms with E-state index in [0.29, 0.717) is 26.2 Å². The SMILES string of the molecule is CCOCCCNC(=O)c1ccccc1S(=O)[O-]. The number of hydrogen-bond donors (Lipinski definition) is 1. The van der Waals surface area contributed by atoms with Gasteiger partial charge in [-0.25, -0.2) is 0 Å². The first kappa shape index (κ1) is 14.8. The summed E-state index contributed by atoms with van der Waals surface area (Å²) in [7, 11) is 0. The smallest absolute Gasteiger partial charge is 0.252 e. The maximum atomic E-state index is 11.8. The highest BCUT2D eigenvalue weighted by Gasteiger charge is 2.10. The van der Waals surface area contributed by atoms with Gasteiger partial charge < -0.3 is 14.6 Å². The van der Waals surface area contributed by atoms with Gasteiger partial charge in [0, 0.05) is 24.7 Å².